The second kappa shape index (κ2) is 14.1. The fourth-order valence-corrected chi connectivity index (χ4v) is 6.54. The third-order valence-electron chi connectivity index (χ3n) is 9.14. The van der Waals surface area contributed by atoms with Gasteiger partial charge < -0.3 is 20.7 Å². The monoisotopic (exact) mass is 572 g/mol. The normalized spacial score (nSPS) is 25.7. The van der Waals surface area contributed by atoms with Gasteiger partial charge in [-0.15, -0.1) is 0 Å². The zero-order chi connectivity index (χ0) is 29.4. The minimum Gasteiger partial charge on any atom is -0.381 e. The van der Waals surface area contributed by atoms with Crippen molar-refractivity contribution in [3.63, 3.8) is 0 Å². The first-order valence-electron chi connectivity index (χ1n) is 15.4. The van der Waals surface area contributed by atoms with E-state index in [2.05, 4.69) is 39.9 Å². The van der Waals surface area contributed by atoms with Crippen LogP contribution in [0.1, 0.15) is 50.2 Å². The quantitative estimate of drug-likeness (QED) is 0.457. The summed E-state index contributed by atoms with van der Waals surface area (Å²) in [5, 5.41) is 9.56. The van der Waals surface area contributed by atoms with Gasteiger partial charge in [-0.1, -0.05) is 67.6 Å². The molecule has 0 unspecified atom stereocenters. The molecule has 3 aliphatic rings. The molecule has 0 aliphatic carbocycles. The van der Waals surface area contributed by atoms with E-state index in [1.165, 1.54) is 0 Å². The maximum Gasteiger partial charge on any atom is 0.243 e. The first-order chi connectivity index (χ1) is 20.5. The van der Waals surface area contributed by atoms with Crippen molar-refractivity contribution in [2.24, 2.45) is 11.3 Å². The molecular weight excluding hydrogens is 528 g/mol. The second-order valence-electron chi connectivity index (χ2n) is 12.0. The van der Waals surface area contributed by atoms with Crippen LogP contribution in [0.4, 0.5) is 5.69 Å². The van der Waals surface area contributed by atoms with Crippen LogP contribution in [0.3, 0.4) is 0 Å². The fraction of sp³-hybridized carbons (Fsp3) is 0.500. The van der Waals surface area contributed by atoms with Gasteiger partial charge in [0.2, 0.25) is 17.7 Å². The molecule has 3 amide bonds. The molecule has 0 saturated carbocycles. The number of fused-ring (bicyclic) bond motifs is 1. The first-order valence-corrected chi connectivity index (χ1v) is 15.4. The van der Waals surface area contributed by atoms with Crippen LogP contribution in [0.25, 0.3) is 0 Å². The molecule has 5 rings (SSSR count). The van der Waals surface area contributed by atoms with E-state index in [-0.39, 0.29) is 29.7 Å². The first kappa shape index (κ1) is 30.0. The number of anilines is 1. The van der Waals surface area contributed by atoms with Crippen molar-refractivity contribution >= 4 is 23.4 Å². The number of aryl methyl sites for hydroxylation is 1. The SMILES string of the molecule is CCc1ccccc1NC(=O)CN1CC[C@H]2NC(=O)[C@H](Cc3ccccc3)NC(=O)C3(C/C=C/C[C@H]2C1)CCOCC3. The smallest absolute Gasteiger partial charge is 0.243 e. The number of amides is 3. The highest BCUT2D eigenvalue weighted by Gasteiger charge is 2.41. The predicted molar refractivity (Wildman–Crippen MR) is 164 cm³/mol. The minimum atomic E-state index is -0.661. The predicted octanol–water partition coefficient (Wildman–Crippen LogP) is 3.87. The standard InChI is InChI=1S/C34H44N4O4/c1-2-26-12-6-7-14-28(26)35-31(39)24-38-19-15-29-27(23-38)13-8-9-16-34(17-20-42-21-18-34)33(41)37-30(32(40)36-29)22-25-10-4-3-5-11-25/h3-12,14,27,29-30H,2,13,15-24H2,1H3,(H,35,39)(H,36,40)(H,37,41)/b9-8+/t27-,29+,30-/m0/s1. The molecule has 0 aromatic heterocycles. The molecule has 2 saturated heterocycles. The number of nitrogens with one attached hydrogen (secondary N) is 3. The largest absolute Gasteiger partial charge is 0.381 e. The molecule has 224 valence electrons. The molecule has 1 spiro atoms. The van der Waals surface area contributed by atoms with E-state index in [1.807, 2.05) is 54.6 Å². The number of likely N-dealkylation sites (tertiary alicyclic amines) is 1. The van der Waals surface area contributed by atoms with Gasteiger partial charge in [-0.25, -0.2) is 0 Å². The van der Waals surface area contributed by atoms with E-state index in [1.54, 1.807) is 0 Å². The van der Waals surface area contributed by atoms with Crippen molar-refractivity contribution < 1.29 is 19.1 Å². The van der Waals surface area contributed by atoms with Crippen molar-refractivity contribution in [2.75, 3.05) is 38.2 Å². The van der Waals surface area contributed by atoms with Gasteiger partial charge in [-0.2, -0.15) is 0 Å². The second-order valence-corrected chi connectivity index (χ2v) is 12.0. The van der Waals surface area contributed by atoms with E-state index >= 15 is 0 Å². The van der Waals surface area contributed by atoms with Crippen LogP contribution in [0.2, 0.25) is 0 Å². The molecule has 2 fully saturated rings. The summed E-state index contributed by atoms with van der Waals surface area (Å²) in [6.07, 6.45) is 9.03. The van der Waals surface area contributed by atoms with Crippen LogP contribution < -0.4 is 16.0 Å². The van der Waals surface area contributed by atoms with Crippen LogP contribution in [-0.2, 0) is 32.0 Å². The fourth-order valence-electron chi connectivity index (χ4n) is 6.54. The molecule has 2 aromatic rings. The number of carbonyl (C=O) groups excluding carboxylic acids is 3. The lowest BCUT2D eigenvalue weighted by molar-refractivity contribution is -0.140. The highest BCUT2D eigenvalue weighted by Crippen LogP contribution is 2.36. The highest BCUT2D eigenvalue weighted by atomic mass is 16.5. The zero-order valence-corrected chi connectivity index (χ0v) is 24.6. The molecular formula is C34H44N4O4. The van der Waals surface area contributed by atoms with E-state index < -0.39 is 11.5 Å². The number of benzene rings is 2. The van der Waals surface area contributed by atoms with Gasteiger partial charge in [0.05, 0.1) is 12.0 Å². The van der Waals surface area contributed by atoms with Gasteiger partial charge in [0.25, 0.3) is 0 Å². The Morgan fingerprint density at radius 1 is 1.02 bits per heavy atom. The summed E-state index contributed by atoms with van der Waals surface area (Å²) in [5.74, 6) is -0.0625. The molecule has 3 aliphatic heterocycles. The summed E-state index contributed by atoms with van der Waals surface area (Å²) in [4.78, 5) is 42.7. The average Bonchev–Trinajstić information content (AvgIpc) is 3.00. The summed E-state index contributed by atoms with van der Waals surface area (Å²) in [6, 6.07) is 17.1. The Hall–Kier alpha value is -3.49. The number of para-hydroxylation sites is 1. The third-order valence-corrected chi connectivity index (χ3v) is 9.14. The van der Waals surface area contributed by atoms with E-state index in [9.17, 15) is 14.4 Å². The number of rotatable bonds is 6. The summed E-state index contributed by atoms with van der Waals surface area (Å²) in [5.41, 5.74) is 2.42. The lowest BCUT2D eigenvalue weighted by Gasteiger charge is -2.40. The number of piperidine rings is 1. The Morgan fingerprint density at radius 2 is 1.79 bits per heavy atom. The van der Waals surface area contributed by atoms with Crippen LogP contribution in [0, 0.1) is 11.3 Å². The number of ether oxygens (including phenoxy) is 1. The molecule has 42 heavy (non-hydrogen) atoms. The topological polar surface area (TPSA) is 99.8 Å². The van der Waals surface area contributed by atoms with Crippen LogP contribution in [0.5, 0.6) is 0 Å². The third kappa shape index (κ3) is 7.47. The van der Waals surface area contributed by atoms with Crippen molar-refractivity contribution in [2.45, 2.75) is 64.0 Å². The van der Waals surface area contributed by atoms with E-state index in [0.29, 0.717) is 58.5 Å². The highest BCUT2D eigenvalue weighted by molar-refractivity contribution is 5.93. The minimum absolute atomic E-state index is 0.0193. The summed E-state index contributed by atoms with van der Waals surface area (Å²) >= 11 is 0. The Kier molecular flexibility index (Phi) is 10.1. The molecule has 0 bridgehead atoms. The Balaban J connectivity index is 1.31. The van der Waals surface area contributed by atoms with Crippen LogP contribution in [-0.4, -0.2) is 67.6 Å². The van der Waals surface area contributed by atoms with Crippen molar-refractivity contribution in [1.29, 1.82) is 0 Å². The van der Waals surface area contributed by atoms with Crippen molar-refractivity contribution in [1.82, 2.24) is 15.5 Å². The average molecular weight is 573 g/mol. The van der Waals surface area contributed by atoms with Gasteiger partial charge in [-0.3, -0.25) is 19.3 Å². The molecule has 3 atom stereocenters. The molecule has 0 radical (unpaired) electrons. The van der Waals surface area contributed by atoms with E-state index in [0.717, 1.165) is 36.1 Å². The maximum absolute atomic E-state index is 13.8. The Morgan fingerprint density at radius 3 is 2.57 bits per heavy atom. The summed E-state index contributed by atoms with van der Waals surface area (Å²) in [7, 11) is 0. The lowest BCUT2D eigenvalue weighted by Crippen LogP contribution is -2.58. The molecule has 8 heteroatoms. The van der Waals surface area contributed by atoms with Crippen LogP contribution in [0.15, 0.2) is 66.7 Å². The number of nitrogens with zero attached hydrogens (tertiary/aromatic N) is 1. The lowest BCUT2D eigenvalue weighted by atomic mass is 9.75. The Labute approximate surface area is 249 Å². The van der Waals surface area contributed by atoms with Crippen molar-refractivity contribution in [3.8, 4) is 0 Å². The molecule has 2 aromatic carbocycles. The number of carbonyl (C=O) groups is 3. The molecule has 8 nitrogen and oxygen atoms in total. The summed E-state index contributed by atoms with van der Waals surface area (Å²) < 4.78 is 5.60. The van der Waals surface area contributed by atoms with Gasteiger partial charge in [0, 0.05) is 44.5 Å². The van der Waals surface area contributed by atoms with Gasteiger partial charge >= 0.3 is 0 Å². The maximum atomic E-state index is 13.8. The van der Waals surface area contributed by atoms with Gasteiger partial charge in [0.1, 0.15) is 6.04 Å². The number of hydrogen-bond acceptors (Lipinski definition) is 5. The molecule has 3 heterocycles. The number of allylic oxidation sites excluding steroid dienone is 2. The Bertz CT molecular complexity index is 1260. The van der Waals surface area contributed by atoms with Gasteiger partial charge in [-0.05, 0) is 61.6 Å². The summed E-state index contributed by atoms with van der Waals surface area (Å²) in [6.45, 7) is 4.91. The van der Waals surface area contributed by atoms with Crippen LogP contribution >= 0.6 is 0 Å². The number of hydrogen-bond donors (Lipinski definition) is 3. The van der Waals surface area contributed by atoms with E-state index in [4.69, 9.17) is 4.74 Å². The van der Waals surface area contributed by atoms with Crippen molar-refractivity contribution in [3.05, 3.63) is 77.9 Å². The molecule has 3 N–H and O–H groups in total. The zero-order valence-electron chi connectivity index (χ0n) is 24.6. The van der Waals surface area contributed by atoms with Gasteiger partial charge in [0.15, 0.2) is 0 Å².